The minimum Gasteiger partial charge on any atom is -0.467 e. The van der Waals surface area contributed by atoms with Gasteiger partial charge >= 0.3 is 11.8 Å². The Hall–Kier alpha value is -2.87. The highest BCUT2D eigenvalue weighted by molar-refractivity contribution is 7.12. The second kappa shape index (κ2) is 7.95. The van der Waals surface area contributed by atoms with Crippen LogP contribution in [0.25, 0.3) is 6.08 Å². The maximum absolute atomic E-state index is 11.5. The zero-order chi connectivity index (χ0) is 16.7. The van der Waals surface area contributed by atoms with Crippen LogP contribution in [-0.4, -0.2) is 17.7 Å². The minimum absolute atomic E-state index is 0.0881. The smallest absolute Gasteiger partial charge is 0.327 e. The summed E-state index contributed by atoms with van der Waals surface area (Å²) in [6.45, 7) is 2.05. The molecule has 23 heavy (non-hydrogen) atoms. The van der Waals surface area contributed by atoms with Crippen molar-refractivity contribution in [2.45, 2.75) is 13.5 Å². The monoisotopic (exact) mass is 333 g/mol. The Bertz CT molecular complexity index is 719. The van der Waals surface area contributed by atoms with Crippen molar-refractivity contribution in [3.8, 4) is 0 Å². The number of hydrazine groups is 1. The topological polar surface area (TPSA) is 100 Å². The Morgan fingerprint density at radius 2 is 2.00 bits per heavy atom. The summed E-state index contributed by atoms with van der Waals surface area (Å²) in [6.07, 6.45) is 4.35. The molecule has 2 aromatic rings. The van der Waals surface area contributed by atoms with E-state index in [0.717, 1.165) is 9.75 Å². The zero-order valence-corrected chi connectivity index (χ0v) is 13.1. The molecule has 2 heterocycles. The Labute approximate surface area is 136 Å². The molecule has 120 valence electrons. The molecule has 0 aromatic carbocycles. The molecule has 0 aliphatic rings. The molecule has 0 fully saturated rings. The lowest BCUT2D eigenvalue weighted by atomic mass is 10.4. The number of aryl methyl sites for hydroxylation is 1. The molecular weight excluding hydrogens is 318 g/mol. The van der Waals surface area contributed by atoms with Crippen molar-refractivity contribution in [1.29, 1.82) is 0 Å². The molecule has 2 rings (SSSR count). The van der Waals surface area contributed by atoms with E-state index in [9.17, 15) is 14.4 Å². The molecular formula is C15H15N3O4S. The van der Waals surface area contributed by atoms with Gasteiger partial charge in [0, 0.05) is 15.8 Å². The number of carbonyl (C=O) groups excluding carboxylic acids is 3. The van der Waals surface area contributed by atoms with Gasteiger partial charge in [-0.3, -0.25) is 25.2 Å². The van der Waals surface area contributed by atoms with Crippen LogP contribution in [0.2, 0.25) is 0 Å². The average Bonchev–Trinajstić information content (AvgIpc) is 3.19. The maximum atomic E-state index is 11.5. The molecule has 0 aliphatic heterocycles. The van der Waals surface area contributed by atoms with Crippen molar-refractivity contribution in [2.24, 2.45) is 0 Å². The second-order valence-corrected chi connectivity index (χ2v) is 5.81. The Morgan fingerprint density at radius 1 is 1.17 bits per heavy atom. The van der Waals surface area contributed by atoms with Gasteiger partial charge in [-0.1, -0.05) is 0 Å². The van der Waals surface area contributed by atoms with Crippen LogP contribution in [0, 0.1) is 6.92 Å². The summed E-state index contributed by atoms with van der Waals surface area (Å²) in [7, 11) is 0. The van der Waals surface area contributed by atoms with Crippen LogP contribution in [0.15, 0.2) is 41.0 Å². The lowest BCUT2D eigenvalue weighted by molar-refractivity contribution is -0.140. The molecule has 0 atom stereocenters. The first-order chi connectivity index (χ1) is 11.0. The number of furan rings is 1. The zero-order valence-electron chi connectivity index (χ0n) is 12.3. The quantitative estimate of drug-likeness (QED) is 0.443. The van der Waals surface area contributed by atoms with Gasteiger partial charge in [-0.2, -0.15) is 0 Å². The van der Waals surface area contributed by atoms with Gasteiger partial charge < -0.3 is 9.73 Å². The lowest BCUT2D eigenvalue weighted by Gasteiger charge is -2.05. The predicted molar refractivity (Wildman–Crippen MR) is 84.9 cm³/mol. The molecule has 0 aliphatic carbocycles. The summed E-state index contributed by atoms with van der Waals surface area (Å²) >= 11 is 1.54. The molecule has 0 saturated heterocycles. The summed E-state index contributed by atoms with van der Waals surface area (Å²) in [4.78, 5) is 36.6. The molecule has 0 radical (unpaired) electrons. The summed E-state index contributed by atoms with van der Waals surface area (Å²) in [5, 5.41) is 2.36. The third-order valence-electron chi connectivity index (χ3n) is 2.67. The fraction of sp³-hybridized carbons (Fsp3) is 0.133. The Morgan fingerprint density at radius 3 is 2.65 bits per heavy atom. The minimum atomic E-state index is -0.967. The average molecular weight is 333 g/mol. The number of carbonyl (C=O) groups is 3. The van der Waals surface area contributed by atoms with Crippen LogP contribution >= 0.6 is 11.3 Å². The summed E-state index contributed by atoms with van der Waals surface area (Å²) < 4.78 is 5.01. The number of thiophene rings is 1. The largest absolute Gasteiger partial charge is 0.467 e. The molecule has 8 heteroatoms. The SMILES string of the molecule is Cc1ccc(/C=C/C(=O)NNC(=O)C(=O)NCc2ccco2)s1. The molecule has 0 unspecified atom stereocenters. The fourth-order valence-electron chi connectivity index (χ4n) is 1.58. The van der Waals surface area contributed by atoms with E-state index in [4.69, 9.17) is 4.42 Å². The van der Waals surface area contributed by atoms with Crippen LogP contribution < -0.4 is 16.2 Å². The molecule has 0 bridgehead atoms. The second-order valence-electron chi connectivity index (χ2n) is 4.49. The normalized spacial score (nSPS) is 10.5. The van der Waals surface area contributed by atoms with E-state index in [2.05, 4.69) is 10.7 Å². The predicted octanol–water partition coefficient (Wildman–Crippen LogP) is 1.13. The van der Waals surface area contributed by atoms with E-state index in [1.807, 2.05) is 24.5 Å². The highest BCUT2D eigenvalue weighted by atomic mass is 32.1. The van der Waals surface area contributed by atoms with Gasteiger partial charge in [0.1, 0.15) is 5.76 Å². The highest BCUT2D eigenvalue weighted by Crippen LogP contribution is 2.16. The fourth-order valence-corrected chi connectivity index (χ4v) is 2.36. The number of hydrogen-bond acceptors (Lipinski definition) is 5. The van der Waals surface area contributed by atoms with Gasteiger partial charge in [0.2, 0.25) is 0 Å². The number of nitrogens with one attached hydrogen (secondary N) is 3. The molecule has 0 saturated carbocycles. The Balaban J connectivity index is 1.71. The van der Waals surface area contributed by atoms with Crippen molar-refractivity contribution in [3.63, 3.8) is 0 Å². The van der Waals surface area contributed by atoms with E-state index in [1.165, 1.54) is 23.7 Å². The van der Waals surface area contributed by atoms with E-state index < -0.39 is 17.7 Å². The van der Waals surface area contributed by atoms with Gasteiger partial charge in [-0.15, -0.1) is 11.3 Å². The van der Waals surface area contributed by atoms with Crippen LogP contribution in [0.3, 0.4) is 0 Å². The highest BCUT2D eigenvalue weighted by Gasteiger charge is 2.13. The molecule has 0 spiro atoms. The van der Waals surface area contributed by atoms with Crippen molar-refractivity contribution in [3.05, 3.63) is 52.1 Å². The number of amides is 3. The van der Waals surface area contributed by atoms with Gasteiger partial charge in [0.15, 0.2) is 0 Å². The molecule has 7 nitrogen and oxygen atoms in total. The van der Waals surface area contributed by atoms with Gasteiger partial charge in [0.25, 0.3) is 5.91 Å². The van der Waals surface area contributed by atoms with Crippen molar-refractivity contribution in [2.75, 3.05) is 0 Å². The first kappa shape index (κ1) is 16.5. The van der Waals surface area contributed by atoms with E-state index >= 15 is 0 Å². The number of hydrogen-bond donors (Lipinski definition) is 3. The van der Waals surface area contributed by atoms with Gasteiger partial charge in [-0.05, 0) is 37.3 Å². The van der Waals surface area contributed by atoms with Gasteiger partial charge in [0.05, 0.1) is 12.8 Å². The molecule has 3 N–H and O–H groups in total. The molecule has 2 aromatic heterocycles. The lowest BCUT2D eigenvalue weighted by Crippen LogP contribution is -2.47. The van der Waals surface area contributed by atoms with Crippen LogP contribution in [0.1, 0.15) is 15.5 Å². The first-order valence-corrected chi connectivity index (χ1v) is 7.51. The van der Waals surface area contributed by atoms with E-state index in [1.54, 1.807) is 18.2 Å². The Kier molecular flexibility index (Phi) is 5.70. The summed E-state index contributed by atoms with van der Waals surface area (Å²) in [5.41, 5.74) is 4.15. The number of rotatable bonds is 4. The van der Waals surface area contributed by atoms with Crippen LogP contribution in [-0.2, 0) is 20.9 Å². The van der Waals surface area contributed by atoms with Crippen molar-refractivity contribution < 1.29 is 18.8 Å². The van der Waals surface area contributed by atoms with E-state index in [0.29, 0.717) is 5.76 Å². The van der Waals surface area contributed by atoms with Crippen LogP contribution in [0.5, 0.6) is 0 Å². The summed E-state index contributed by atoms with van der Waals surface area (Å²) in [5.74, 6) is -1.86. The third kappa shape index (κ3) is 5.44. The third-order valence-corrected chi connectivity index (χ3v) is 3.63. The maximum Gasteiger partial charge on any atom is 0.327 e. The van der Waals surface area contributed by atoms with Crippen molar-refractivity contribution in [1.82, 2.24) is 16.2 Å². The van der Waals surface area contributed by atoms with Gasteiger partial charge in [-0.25, -0.2) is 0 Å². The standard InChI is InChI=1S/C15H15N3O4S/c1-10-4-5-12(23-10)6-7-13(19)17-18-15(21)14(20)16-9-11-3-2-8-22-11/h2-8H,9H2,1H3,(H,16,20)(H,17,19)(H,18,21)/b7-6+. The van der Waals surface area contributed by atoms with Crippen LogP contribution in [0.4, 0.5) is 0 Å². The first-order valence-electron chi connectivity index (χ1n) is 6.69. The van der Waals surface area contributed by atoms with Crippen molar-refractivity contribution >= 4 is 35.1 Å². The van der Waals surface area contributed by atoms with E-state index in [-0.39, 0.29) is 6.54 Å². The summed E-state index contributed by atoms with van der Waals surface area (Å²) in [6, 6.07) is 7.15. The molecule has 3 amide bonds.